The highest BCUT2D eigenvalue weighted by Gasteiger charge is 2.32. The highest BCUT2D eigenvalue weighted by Crippen LogP contribution is 2.41. The Hall–Kier alpha value is -3.90. The molecule has 1 aliphatic heterocycles. The van der Waals surface area contributed by atoms with E-state index < -0.39 is 0 Å². The fraction of sp³-hybridized carbons (Fsp3) is 0.172. The Kier molecular flexibility index (Phi) is 5.19. The second-order valence-corrected chi connectivity index (χ2v) is 9.93. The summed E-state index contributed by atoms with van der Waals surface area (Å²) in [4.78, 5) is 19.5. The zero-order valence-corrected chi connectivity index (χ0v) is 20.3. The van der Waals surface area contributed by atoms with Gasteiger partial charge in [-0.1, -0.05) is 77.6 Å². The third-order valence-corrected chi connectivity index (χ3v) is 7.79. The van der Waals surface area contributed by atoms with Crippen LogP contribution in [0.1, 0.15) is 40.3 Å². The van der Waals surface area contributed by atoms with Crippen LogP contribution in [-0.2, 0) is 6.42 Å². The van der Waals surface area contributed by atoms with Gasteiger partial charge in [-0.2, -0.15) is 0 Å². The molecule has 0 radical (unpaired) electrons. The van der Waals surface area contributed by atoms with E-state index in [1.807, 2.05) is 10.6 Å². The number of rotatable bonds is 3. The van der Waals surface area contributed by atoms with Crippen molar-refractivity contribution in [2.45, 2.75) is 25.8 Å². The van der Waals surface area contributed by atoms with E-state index >= 15 is 0 Å². The number of nitrogens with zero attached hydrogens (tertiary/aromatic N) is 2. The van der Waals surface area contributed by atoms with Gasteiger partial charge in [0.05, 0.1) is 23.4 Å². The number of fused-ring (bicyclic) bond motifs is 3. The van der Waals surface area contributed by atoms with Crippen LogP contribution < -0.4 is 19.6 Å². The van der Waals surface area contributed by atoms with Crippen LogP contribution >= 0.6 is 11.3 Å². The summed E-state index contributed by atoms with van der Waals surface area (Å²) in [5.41, 5.74) is 7.28. The van der Waals surface area contributed by atoms with Gasteiger partial charge in [-0.05, 0) is 48.6 Å². The number of methoxy groups -OCH3 is 1. The van der Waals surface area contributed by atoms with Gasteiger partial charge in [-0.3, -0.25) is 9.36 Å². The average Bonchev–Trinajstić information content (AvgIpc) is 3.19. The summed E-state index contributed by atoms with van der Waals surface area (Å²) in [6, 6.07) is 21.9. The van der Waals surface area contributed by atoms with Crippen LogP contribution in [0.3, 0.4) is 0 Å². The van der Waals surface area contributed by atoms with Crippen LogP contribution in [-0.4, -0.2) is 16.8 Å². The maximum atomic E-state index is 13.8. The number of aromatic hydroxyl groups is 1. The summed E-state index contributed by atoms with van der Waals surface area (Å²) in [6.45, 7) is 2.07. The van der Waals surface area contributed by atoms with Crippen molar-refractivity contribution in [1.29, 1.82) is 0 Å². The monoisotopic (exact) mass is 480 g/mol. The minimum absolute atomic E-state index is 0.0177. The number of aryl methyl sites for hydroxylation is 2. The second kappa shape index (κ2) is 8.40. The topological polar surface area (TPSA) is 63.8 Å². The molecule has 1 N–H and O–H groups in total. The first-order valence-corrected chi connectivity index (χ1v) is 12.4. The summed E-state index contributed by atoms with van der Waals surface area (Å²) in [7, 11) is 1.51. The molecule has 0 bridgehead atoms. The molecule has 1 atom stereocenters. The molecule has 0 saturated carbocycles. The maximum Gasteiger partial charge on any atom is 0.271 e. The van der Waals surface area contributed by atoms with E-state index in [1.165, 1.54) is 35.1 Å². The van der Waals surface area contributed by atoms with Crippen molar-refractivity contribution in [1.82, 2.24) is 4.57 Å². The molecule has 1 unspecified atom stereocenters. The molecule has 6 heteroatoms. The van der Waals surface area contributed by atoms with Crippen molar-refractivity contribution in [3.8, 4) is 11.5 Å². The maximum absolute atomic E-state index is 13.8. The number of phenols is 1. The number of para-hydroxylation sites is 1. The highest BCUT2D eigenvalue weighted by atomic mass is 32.1. The normalized spacial score (nSPS) is 16.9. The van der Waals surface area contributed by atoms with Gasteiger partial charge in [-0.15, -0.1) is 0 Å². The molecule has 174 valence electrons. The number of benzene rings is 3. The lowest BCUT2D eigenvalue weighted by Gasteiger charge is -2.30. The fourth-order valence-corrected chi connectivity index (χ4v) is 6.02. The van der Waals surface area contributed by atoms with E-state index in [1.54, 1.807) is 24.3 Å². The van der Waals surface area contributed by atoms with Gasteiger partial charge in [0, 0.05) is 11.1 Å². The number of hydrogen-bond acceptors (Lipinski definition) is 5. The van der Waals surface area contributed by atoms with Crippen molar-refractivity contribution >= 4 is 23.1 Å². The highest BCUT2D eigenvalue weighted by molar-refractivity contribution is 7.07. The van der Waals surface area contributed by atoms with Gasteiger partial charge in [0.1, 0.15) is 0 Å². The standard InChI is InChI=1S/C29H24N2O3S/c1-17-10-12-19(13-11-17)26-22-15-14-18-6-3-4-8-21(18)25(22)30-29-31(26)28(33)24(35-29)16-20-7-5-9-23(34-2)27(20)32/h3-13,16,26,32H,14-15H2,1-2H3/b24-16-. The lowest BCUT2D eigenvalue weighted by Crippen LogP contribution is -2.38. The number of aromatic nitrogens is 1. The van der Waals surface area contributed by atoms with Crippen molar-refractivity contribution < 1.29 is 9.84 Å². The summed E-state index contributed by atoms with van der Waals surface area (Å²) in [5, 5.41) is 10.6. The Labute approximate surface area is 206 Å². The molecule has 0 amide bonds. The van der Waals surface area contributed by atoms with Crippen LogP contribution in [0.15, 0.2) is 82.1 Å². The Bertz CT molecular complexity index is 1680. The summed E-state index contributed by atoms with van der Waals surface area (Å²) in [6.07, 6.45) is 3.51. The molecule has 6 rings (SSSR count). The average molecular weight is 481 g/mol. The lowest BCUT2D eigenvalue weighted by molar-refractivity contribution is 0.373. The van der Waals surface area contributed by atoms with Crippen molar-refractivity contribution in [3.63, 3.8) is 0 Å². The summed E-state index contributed by atoms with van der Waals surface area (Å²) in [5.74, 6) is 0.389. The van der Waals surface area contributed by atoms with Crippen molar-refractivity contribution in [2.24, 2.45) is 4.99 Å². The molecule has 2 aliphatic rings. The Morgan fingerprint density at radius 2 is 1.86 bits per heavy atom. The predicted molar refractivity (Wildman–Crippen MR) is 139 cm³/mol. The Balaban J connectivity index is 1.62. The minimum Gasteiger partial charge on any atom is -0.504 e. The van der Waals surface area contributed by atoms with Crippen LogP contribution in [0.25, 0.3) is 11.8 Å². The van der Waals surface area contributed by atoms with E-state index in [9.17, 15) is 9.90 Å². The molecule has 0 spiro atoms. The fourth-order valence-electron chi connectivity index (χ4n) is 5.03. The van der Waals surface area contributed by atoms with Crippen LogP contribution in [0.2, 0.25) is 0 Å². The van der Waals surface area contributed by atoms with E-state index in [0.29, 0.717) is 20.6 Å². The largest absolute Gasteiger partial charge is 0.504 e. The molecule has 0 saturated heterocycles. The SMILES string of the molecule is COc1cccc(/C=c2\sc3n(c2=O)C(c2ccc(C)cc2)C2=C(N=3)c3ccccc3CC2)c1O. The molecule has 3 aromatic carbocycles. The molecule has 2 heterocycles. The first-order chi connectivity index (χ1) is 17.0. The first kappa shape index (κ1) is 21.6. The smallest absolute Gasteiger partial charge is 0.271 e. The molecule has 1 aliphatic carbocycles. The number of allylic oxidation sites excluding steroid dienone is 1. The van der Waals surface area contributed by atoms with Crippen LogP contribution in [0.5, 0.6) is 11.5 Å². The van der Waals surface area contributed by atoms with Crippen molar-refractivity contribution in [2.75, 3.05) is 7.11 Å². The first-order valence-electron chi connectivity index (χ1n) is 11.6. The molecule has 4 aromatic rings. The van der Waals surface area contributed by atoms with E-state index in [4.69, 9.17) is 9.73 Å². The Morgan fingerprint density at radius 1 is 1.06 bits per heavy atom. The minimum atomic E-state index is -0.212. The number of thiazole rings is 1. The molecule has 1 aromatic heterocycles. The molecular weight excluding hydrogens is 456 g/mol. The lowest BCUT2D eigenvalue weighted by atomic mass is 9.83. The quantitative estimate of drug-likeness (QED) is 0.475. The third kappa shape index (κ3) is 3.53. The number of hydrogen-bond donors (Lipinski definition) is 1. The molecule has 5 nitrogen and oxygen atoms in total. The molecular formula is C29H24N2O3S. The van der Waals surface area contributed by atoms with Gasteiger partial charge in [0.25, 0.3) is 5.56 Å². The van der Waals surface area contributed by atoms with Crippen molar-refractivity contribution in [3.05, 3.63) is 120 Å². The summed E-state index contributed by atoms with van der Waals surface area (Å²) >= 11 is 1.35. The number of ether oxygens (including phenoxy) is 1. The van der Waals surface area contributed by atoms with Gasteiger partial charge < -0.3 is 9.84 Å². The van der Waals surface area contributed by atoms with E-state index in [-0.39, 0.29) is 17.4 Å². The zero-order chi connectivity index (χ0) is 24.1. The van der Waals surface area contributed by atoms with Gasteiger partial charge in [0.2, 0.25) is 0 Å². The van der Waals surface area contributed by atoms with E-state index in [0.717, 1.165) is 29.7 Å². The van der Waals surface area contributed by atoms with Gasteiger partial charge in [-0.25, -0.2) is 4.99 Å². The predicted octanol–water partition coefficient (Wildman–Crippen LogP) is 4.34. The second-order valence-electron chi connectivity index (χ2n) is 8.92. The van der Waals surface area contributed by atoms with Crippen LogP contribution in [0, 0.1) is 6.92 Å². The van der Waals surface area contributed by atoms with Gasteiger partial charge >= 0.3 is 0 Å². The van der Waals surface area contributed by atoms with E-state index in [2.05, 4.69) is 49.4 Å². The van der Waals surface area contributed by atoms with Crippen LogP contribution in [0.4, 0.5) is 0 Å². The third-order valence-electron chi connectivity index (χ3n) is 6.80. The zero-order valence-electron chi connectivity index (χ0n) is 19.5. The molecule has 0 fully saturated rings. The number of phenolic OH excluding ortho intramolecular Hbond substituents is 1. The Morgan fingerprint density at radius 3 is 2.66 bits per heavy atom. The van der Waals surface area contributed by atoms with Gasteiger partial charge in [0.15, 0.2) is 16.3 Å². The molecule has 35 heavy (non-hydrogen) atoms. The summed E-state index contributed by atoms with van der Waals surface area (Å²) < 4.78 is 7.59.